The van der Waals surface area contributed by atoms with Gasteiger partial charge in [-0.05, 0) is 31.6 Å². The van der Waals surface area contributed by atoms with Gasteiger partial charge in [-0.25, -0.2) is 0 Å². The number of allylic oxidation sites excluding steroid dienone is 1. The smallest absolute Gasteiger partial charge is 0.0692 e. The molecule has 0 spiro atoms. The maximum Gasteiger partial charge on any atom is 0.0692 e. The minimum atomic E-state index is -0.286. The first kappa shape index (κ1) is 10.8. The Morgan fingerprint density at radius 1 is 1.08 bits per heavy atom. The molecule has 2 atom stereocenters. The molecule has 1 saturated carbocycles. The van der Waals surface area contributed by atoms with Crippen molar-refractivity contribution in [1.82, 2.24) is 0 Å². The van der Waals surface area contributed by atoms with E-state index in [1.54, 1.807) is 0 Å². The van der Waals surface area contributed by atoms with Gasteiger partial charge in [-0.3, -0.25) is 0 Å². The lowest BCUT2D eigenvalue weighted by Gasteiger charge is -2.25. The highest BCUT2D eigenvalue weighted by atomic mass is 16.3. The SMILES string of the molecule is CC(O)/C=C\C(C)C1CCCCC1. The molecular formula is C12H22O. The number of aliphatic hydroxyl groups is 1. The molecule has 1 rings (SSSR count). The fraction of sp³-hybridized carbons (Fsp3) is 0.833. The Morgan fingerprint density at radius 3 is 2.23 bits per heavy atom. The molecule has 0 bridgehead atoms. The van der Waals surface area contributed by atoms with Crippen LogP contribution < -0.4 is 0 Å². The molecule has 76 valence electrons. The van der Waals surface area contributed by atoms with Gasteiger partial charge >= 0.3 is 0 Å². The molecule has 0 aliphatic heterocycles. The second-order valence-corrected chi connectivity index (χ2v) is 4.38. The predicted octanol–water partition coefficient (Wildman–Crippen LogP) is 3.14. The Bertz CT molecular complexity index is 155. The van der Waals surface area contributed by atoms with E-state index < -0.39 is 0 Å². The molecule has 0 aromatic rings. The molecule has 0 aromatic carbocycles. The molecule has 1 aliphatic carbocycles. The first-order chi connectivity index (χ1) is 6.20. The van der Waals surface area contributed by atoms with Gasteiger partial charge in [0.15, 0.2) is 0 Å². The highest BCUT2D eigenvalue weighted by molar-refractivity contribution is 4.93. The summed E-state index contributed by atoms with van der Waals surface area (Å²) in [5.74, 6) is 1.51. The molecule has 1 fully saturated rings. The van der Waals surface area contributed by atoms with Crippen LogP contribution >= 0.6 is 0 Å². The molecule has 1 heteroatoms. The summed E-state index contributed by atoms with van der Waals surface area (Å²) < 4.78 is 0. The average Bonchev–Trinajstić information content (AvgIpc) is 2.15. The maximum atomic E-state index is 9.11. The van der Waals surface area contributed by atoms with Gasteiger partial charge in [-0.1, -0.05) is 38.3 Å². The van der Waals surface area contributed by atoms with Crippen LogP contribution in [0, 0.1) is 11.8 Å². The summed E-state index contributed by atoms with van der Waals surface area (Å²) >= 11 is 0. The summed E-state index contributed by atoms with van der Waals surface area (Å²) in [6, 6.07) is 0. The number of rotatable bonds is 3. The highest BCUT2D eigenvalue weighted by Crippen LogP contribution is 2.30. The van der Waals surface area contributed by atoms with Crippen molar-refractivity contribution in [1.29, 1.82) is 0 Å². The Kier molecular flexibility index (Phi) is 4.51. The third kappa shape index (κ3) is 3.95. The topological polar surface area (TPSA) is 20.2 Å². The van der Waals surface area contributed by atoms with Crippen LogP contribution in [0.15, 0.2) is 12.2 Å². The van der Waals surface area contributed by atoms with Crippen LogP contribution in [0.4, 0.5) is 0 Å². The molecule has 0 amide bonds. The van der Waals surface area contributed by atoms with E-state index in [0.29, 0.717) is 5.92 Å². The van der Waals surface area contributed by atoms with Crippen molar-refractivity contribution >= 4 is 0 Å². The van der Waals surface area contributed by atoms with Crippen molar-refractivity contribution in [2.24, 2.45) is 11.8 Å². The molecule has 13 heavy (non-hydrogen) atoms. The summed E-state index contributed by atoms with van der Waals surface area (Å²) in [7, 11) is 0. The van der Waals surface area contributed by atoms with Gasteiger partial charge in [-0.2, -0.15) is 0 Å². The van der Waals surface area contributed by atoms with Gasteiger partial charge in [-0.15, -0.1) is 0 Å². The van der Waals surface area contributed by atoms with Gasteiger partial charge < -0.3 is 5.11 Å². The Morgan fingerprint density at radius 2 is 1.69 bits per heavy atom. The van der Waals surface area contributed by atoms with E-state index in [1.165, 1.54) is 32.1 Å². The third-order valence-corrected chi connectivity index (χ3v) is 3.09. The van der Waals surface area contributed by atoms with Crippen LogP contribution in [0.5, 0.6) is 0 Å². The Hall–Kier alpha value is -0.300. The monoisotopic (exact) mass is 182 g/mol. The van der Waals surface area contributed by atoms with Gasteiger partial charge in [0.05, 0.1) is 6.10 Å². The molecule has 0 saturated heterocycles. The molecule has 0 heterocycles. The Labute approximate surface area is 81.9 Å². The van der Waals surface area contributed by atoms with Crippen molar-refractivity contribution in [2.45, 2.75) is 52.1 Å². The fourth-order valence-electron chi connectivity index (χ4n) is 2.15. The number of aliphatic hydroxyl groups excluding tert-OH is 1. The third-order valence-electron chi connectivity index (χ3n) is 3.09. The van der Waals surface area contributed by atoms with E-state index in [4.69, 9.17) is 5.11 Å². The van der Waals surface area contributed by atoms with E-state index in [1.807, 2.05) is 13.0 Å². The van der Waals surface area contributed by atoms with Crippen LogP contribution in [0.25, 0.3) is 0 Å². The minimum Gasteiger partial charge on any atom is -0.389 e. The zero-order chi connectivity index (χ0) is 9.68. The molecular weight excluding hydrogens is 160 g/mol. The second-order valence-electron chi connectivity index (χ2n) is 4.38. The maximum absolute atomic E-state index is 9.11. The standard InChI is InChI=1S/C12H22O/c1-10(8-9-11(2)13)12-6-4-3-5-7-12/h8-13H,3-7H2,1-2H3/b9-8-. The zero-order valence-corrected chi connectivity index (χ0v) is 8.87. The number of hydrogen-bond acceptors (Lipinski definition) is 1. The first-order valence-corrected chi connectivity index (χ1v) is 5.56. The van der Waals surface area contributed by atoms with Crippen molar-refractivity contribution in [3.05, 3.63) is 12.2 Å². The second kappa shape index (κ2) is 5.43. The lowest BCUT2D eigenvalue weighted by Crippen LogP contribution is -2.13. The highest BCUT2D eigenvalue weighted by Gasteiger charge is 2.17. The predicted molar refractivity (Wildman–Crippen MR) is 56.6 cm³/mol. The van der Waals surface area contributed by atoms with Gasteiger partial charge in [0, 0.05) is 0 Å². The summed E-state index contributed by atoms with van der Waals surface area (Å²) in [6.45, 7) is 4.08. The lowest BCUT2D eigenvalue weighted by molar-refractivity contribution is 0.241. The van der Waals surface area contributed by atoms with Crippen LogP contribution in [0.1, 0.15) is 46.0 Å². The van der Waals surface area contributed by atoms with Crippen molar-refractivity contribution in [3.8, 4) is 0 Å². The van der Waals surface area contributed by atoms with Crippen LogP contribution in [-0.2, 0) is 0 Å². The summed E-state index contributed by atoms with van der Waals surface area (Å²) in [6.07, 6.45) is 10.8. The van der Waals surface area contributed by atoms with Crippen molar-refractivity contribution in [2.75, 3.05) is 0 Å². The first-order valence-electron chi connectivity index (χ1n) is 5.56. The van der Waals surface area contributed by atoms with E-state index in [0.717, 1.165) is 5.92 Å². The lowest BCUT2D eigenvalue weighted by atomic mass is 9.81. The summed E-state index contributed by atoms with van der Waals surface area (Å²) in [5, 5.41) is 9.11. The van der Waals surface area contributed by atoms with Gasteiger partial charge in [0.1, 0.15) is 0 Å². The van der Waals surface area contributed by atoms with E-state index >= 15 is 0 Å². The van der Waals surface area contributed by atoms with Crippen LogP contribution in [0.3, 0.4) is 0 Å². The minimum absolute atomic E-state index is 0.286. The largest absolute Gasteiger partial charge is 0.389 e. The molecule has 2 unspecified atom stereocenters. The van der Waals surface area contributed by atoms with Crippen molar-refractivity contribution < 1.29 is 5.11 Å². The average molecular weight is 182 g/mol. The zero-order valence-electron chi connectivity index (χ0n) is 8.87. The Balaban J connectivity index is 2.32. The fourth-order valence-corrected chi connectivity index (χ4v) is 2.15. The van der Waals surface area contributed by atoms with Crippen LogP contribution in [0.2, 0.25) is 0 Å². The summed E-state index contributed by atoms with van der Waals surface area (Å²) in [5.41, 5.74) is 0. The van der Waals surface area contributed by atoms with E-state index in [-0.39, 0.29) is 6.10 Å². The number of hydrogen-bond donors (Lipinski definition) is 1. The molecule has 1 aliphatic rings. The normalized spacial score (nSPS) is 24.8. The molecule has 1 nitrogen and oxygen atoms in total. The summed E-state index contributed by atoms with van der Waals surface area (Å²) in [4.78, 5) is 0. The quantitative estimate of drug-likeness (QED) is 0.665. The molecule has 0 aromatic heterocycles. The van der Waals surface area contributed by atoms with Gasteiger partial charge in [0.2, 0.25) is 0 Å². The van der Waals surface area contributed by atoms with Gasteiger partial charge in [0.25, 0.3) is 0 Å². The van der Waals surface area contributed by atoms with Crippen molar-refractivity contribution in [3.63, 3.8) is 0 Å². The van der Waals surface area contributed by atoms with Crippen LogP contribution in [-0.4, -0.2) is 11.2 Å². The molecule has 0 radical (unpaired) electrons. The van der Waals surface area contributed by atoms with E-state index in [2.05, 4.69) is 13.0 Å². The molecule has 1 N–H and O–H groups in total. The van der Waals surface area contributed by atoms with E-state index in [9.17, 15) is 0 Å².